The number of hydrogen-bond donors (Lipinski definition) is 2. The number of nitrogens with one attached hydrogen (secondary N) is 2. The molecule has 1 aliphatic heterocycles. The Hall–Kier alpha value is -1.85. The second kappa shape index (κ2) is 8.31. The number of ether oxygens (including phenoxy) is 1. The van der Waals surface area contributed by atoms with Crippen LogP contribution in [0.1, 0.15) is 18.4 Å². The summed E-state index contributed by atoms with van der Waals surface area (Å²) < 4.78 is 6.92. The maximum absolute atomic E-state index is 12.3. The normalized spacial score (nSPS) is 15.0. The van der Waals surface area contributed by atoms with Crippen LogP contribution in [0.5, 0.6) is 11.5 Å². The highest BCUT2D eigenvalue weighted by molar-refractivity contribution is 9.10. The molecule has 2 aromatic rings. The molecule has 0 radical (unpaired) electrons. The van der Waals surface area contributed by atoms with Gasteiger partial charge in [-0.15, -0.1) is 0 Å². The molecule has 4 nitrogen and oxygen atoms in total. The summed E-state index contributed by atoms with van der Waals surface area (Å²) >= 11 is 3.48. The molecule has 24 heavy (non-hydrogen) atoms. The molecule has 0 bridgehead atoms. The molecule has 0 spiro atoms. The molecule has 1 amide bonds. The van der Waals surface area contributed by atoms with Crippen LogP contribution in [0.3, 0.4) is 0 Å². The lowest BCUT2D eigenvalue weighted by Crippen LogP contribution is -2.37. The van der Waals surface area contributed by atoms with E-state index in [1.807, 2.05) is 48.5 Å². The number of hydrogen-bond acceptors (Lipinski definition) is 3. The SMILES string of the molecule is O=C(NCc1ccc(Br)cc1Oc1ccccc1)C1CCNCC1. The molecule has 0 atom stereocenters. The fourth-order valence-corrected chi connectivity index (χ4v) is 3.14. The summed E-state index contributed by atoms with van der Waals surface area (Å²) in [6.07, 6.45) is 1.80. The third-order valence-corrected chi connectivity index (χ3v) is 4.66. The second-order valence-corrected chi connectivity index (χ2v) is 6.82. The molecule has 0 unspecified atom stereocenters. The molecule has 0 aromatic heterocycles. The molecule has 2 aromatic carbocycles. The Bertz CT molecular complexity index is 685. The number of carbonyl (C=O) groups excluding carboxylic acids is 1. The zero-order valence-corrected chi connectivity index (χ0v) is 15.0. The van der Waals surface area contributed by atoms with Crippen molar-refractivity contribution in [3.8, 4) is 11.5 Å². The van der Waals surface area contributed by atoms with Crippen LogP contribution in [-0.2, 0) is 11.3 Å². The highest BCUT2D eigenvalue weighted by Gasteiger charge is 2.20. The van der Waals surface area contributed by atoms with Gasteiger partial charge in [0.25, 0.3) is 0 Å². The molecule has 0 saturated carbocycles. The summed E-state index contributed by atoms with van der Waals surface area (Å²) in [6, 6.07) is 15.5. The molecule has 1 saturated heterocycles. The third-order valence-electron chi connectivity index (χ3n) is 4.16. The Morgan fingerprint density at radius 1 is 1.17 bits per heavy atom. The molecule has 3 rings (SSSR count). The largest absolute Gasteiger partial charge is 0.457 e. The van der Waals surface area contributed by atoms with E-state index >= 15 is 0 Å². The smallest absolute Gasteiger partial charge is 0.223 e. The Kier molecular flexibility index (Phi) is 5.88. The van der Waals surface area contributed by atoms with Gasteiger partial charge in [-0.25, -0.2) is 0 Å². The zero-order valence-electron chi connectivity index (χ0n) is 13.4. The van der Waals surface area contributed by atoms with E-state index in [9.17, 15) is 4.79 Å². The number of amides is 1. The van der Waals surface area contributed by atoms with Crippen LogP contribution in [0.2, 0.25) is 0 Å². The molecule has 1 aliphatic rings. The first-order valence-electron chi connectivity index (χ1n) is 8.22. The van der Waals surface area contributed by atoms with Crippen molar-refractivity contribution in [1.29, 1.82) is 0 Å². The van der Waals surface area contributed by atoms with Gasteiger partial charge in [-0.2, -0.15) is 0 Å². The molecule has 126 valence electrons. The van der Waals surface area contributed by atoms with E-state index < -0.39 is 0 Å². The van der Waals surface area contributed by atoms with Crippen LogP contribution < -0.4 is 15.4 Å². The minimum Gasteiger partial charge on any atom is -0.457 e. The maximum atomic E-state index is 12.3. The van der Waals surface area contributed by atoms with E-state index in [4.69, 9.17) is 4.74 Å². The Morgan fingerprint density at radius 2 is 1.92 bits per heavy atom. The van der Waals surface area contributed by atoms with Gasteiger partial charge in [-0.1, -0.05) is 40.2 Å². The Labute approximate surface area is 150 Å². The van der Waals surface area contributed by atoms with Crippen molar-refractivity contribution in [2.24, 2.45) is 5.92 Å². The maximum Gasteiger partial charge on any atom is 0.223 e. The van der Waals surface area contributed by atoms with Crippen molar-refractivity contribution in [2.45, 2.75) is 19.4 Å². The minimum atomic E-state index is 0.111. The molecule has 1 heterocycles. The Balaban J connectivity index is 1.67. The van der Waals surface area contributed by atoms with E-state index in [0.29, 0.717) is 6.54 Å². The van der Waals surface area contributed by atoms with Gasteiger partial charge in [-0.3, -0.25) is 4.79 Å². The van der Waals surface area contributed by atoms with Gasteiger partial charge >= 0.3 is 0 Å². The number of halogens is 1. The number of rotatable bonds is 5. The van der Waals surface area contributed by atoms with E-state index in [-0.39, 0.29) is 11.8 Å². The van der Waals surface area contributed by atoms with Crippen LogP contribution in [-0.4, -0.2) is 19.0 Å². The lowest BCUT2D eigenvalue weighted by molar-refractivity contribution is -0.125. The first-order valence-corrected chi connectivity index (χ1v) is 9.01. The molecule has 2 N–H and O–H groups in total. The lowest BCUT2D eigenvalue weighted by Gasteiger charge is -2.22. The first-order chi connectivity index (χ1) is 11.7. The van der Waals surface area contributed by atoms with Crippen LogP contribution in [0.25, 0.3) is 0 Å². The number of benzene rings is 2. The molecular formula is C19H21BrN2O2. The molecule has 1 fully saturated rings. The lowest BCUT2D eigenvalue weighted by atomic mass is 9.97. The summed E-state index contributed by atoms with van der Waals surface area (Å²) in [4.78, 5) is 12.3. The predicted molar refractivity (Wildman–Crippen MR) is 98.1 cm³/mol. The first kappa shape index (κ1) is 17.0. The van der Waals surface area contributed by atoms with Gasteiger partial charge in [0.1, 0.15) is 11.5 Å². The number of piperidine rings is 1. The summed E-state index contributed by atoms with van der Waals surface area (Å²) in [5, 5.41) is 6.33. The fraction of sp³-hybridized carbons (Fsp3) is 0.316. The van der Waals surface area contributed by atoms with Crippen molar-refractivity contribution in [3.63, 3.8) is 0 Å². The highest BCUT2D eigenvalue weighted by atomic mass is 79.9. The topological polar surface area (TPSA) is 50.4 Å². The van der Waals surface area contributed by atoms with Crippen molar-refractivity contribution in [1.82, 2.24) is 10.6 Å². The van der Waals surface area contributed by atoms with E-state index in [2.05, 4.69) is 26.6 Å². The van der Waals surface area contributed by atoms with E-state index in [1.54, 1.807) is 0 Å². The van der Waals surface area contributed by atoms with Crippen LogP contribution in [0.4, 0.5) is 0 Å². The van der Waals surface area contributed by atoms with Gasteiger partial charge in [0.05, 0.1) is 0 Å². The summed E-state index contributed by atoms with van der Waals surface area (Å²) in [5.74, 6) is 1.77. The Morgan fingerprint density at radius 3 is 2.67 bits per heavy atom. The number of para-hydroxylation sites is 1. The van der Waals surface area contributed by atoms with Gasteiger partial charge < -0.3 is 15.4 Å². The fourth-order valence-electron chi connectivity index (χ4n) is 2.80. The van der Waals surface area contributed by atoms with Gasteiger partial charge in [0, 0.05) is 22.5 Å². The molecular weight excluding hydrogens is 368 g/mol. The molecule has 0 aliphatic carbocycles. The zero-order chi connectivity index (χ0) is 16.8. The van der Waals surface area contributed by atoms with Crippen LogP contribution in [0, 0.1) is 5.92 Å². The van der Waals surface area contributed by atoms with Crippen molar-refractivity contribution in [3.05, 3.63) is 58.6 Å². The van der Waals surface area contributed by atoms with Crippen LogP contribution in [0.15, 0.2) is 53.0 Å². The van der Waals surface area contributed by atoms with Crippen LogP contribution >= 0.6 is 15.9 Å². The highest BCUT2D eigenvalue weighted by Crippen LogP contribution is 2.28. The van der Waals surface area contributed by atoms with Crippen molar-refractivity contribution < 1.29 is 9.53 Å². The summed E-state index contributed by atoms with van der Waals surface area (Å²) in [6.45, 7) is 2.30. The average molecular weight is 389 g/mol. The van der Waals surface area contributed by atoms with E-state index in [0.717, 1.165) is 47.5 Å². The van der Waals surface area contributed by atoms with E-state index in [1.165, 1.54) is 0 Å². The summed E-state index contributed by atoms with van der Waals surface area (Å²) in [7, 11) is 0. The third kappa shape index (κ3) is 4.58. The quantitative estimate of drug-likeness (QED) is 0.817. The van der Waals surface area contributed by atoms with Crippen molar-refractivity contribution >= 4 is 21.8 Å². The number of carbonyl (C=O) groups is 1. The average Bonchev–Trinajstić information content (AvgIpc) is 2.62. The predicted octanol–water partition coefficient (Wildman–Crippen LogP) is 3.86. The van der Waals surface area contributed by atoms with Gasteiger partial charge in [0.15, 0.2) is 0 Å². The second-order valence-electron chi connectivity index (χ2n) is 5.91. The summed E-state index contributed by atoms with van der Waals surface area (Å²) in [5.41, 5.74) is 0.962. The van der Waals surface area contributed by atoms with Gasteiger partial charge in [-0.05, 0) is 50.2 Å². The monoisotopic (exact) mass is 388 g/mol. The van der Waals surface area contributed by atoms with Gasteiger partial charge in [0.2, 0.25) is 5.91 Å². The standard InChI is InChI=1S/C19H21BrN2O2/c20-16-7-6-15(13-22-19(23)14-8-10-21-11-9-14)18(12-16)24-17-4-2-1-3-5-17/h1-7,12,14,21H,8-11,13H2,(H,22,23). The molecule has 5 heteroatoms. The van der Waals surface area contributed by atoms with Crippen molar-refractivity contribution in [2.75, 3.05) is 13.1 Å². The minimum absolute atomic E-state index is 0.111.